The van der Waals surface area contributed by atoms with E-state index in [1.165, 1.54) is 11.3 Å². The number of aryl methyl sites for hydroxylation is 1. The molecule has 2 amide bonds. The minimum atomic E-state index is -0.335. The topological polar surface area (TPSA) is 195 Å². The maximum absolute atomic E-state index is 12.7. The Kier molecular flexibility index (Phi) is 18.2. The van der Waals surface area contributed by atoms with Crippen LogP contribution in [0.15, 0.2) is 48.5 Å². The van der Waals surface area contributed by atoms with Crippen LogP contribution in [0.1, 0.15) is 22.6 Å². The molecule has 1 saturated heterocycles. The number of aliphatic hydroxyl groups is 1. The van der Waals surface area contributed by atoms with Crippen molar-refractivity contribution >= 4 is 62.0 Å². The highest BCUT2D eigenvalue weighted by atomic mass is 32.2. The molecule has 0 unspecified atom stereocenters. The summed E-state index contributed by atoms with van der Waals surface area (Å²) in [5.41, 5.74) is 1.61. The molecule has 276 valence electrons. The minimum Gasteiger partial charge on any atom is -0.492 e. The van der Waals surface area contributed by atoms with Gasteiger partial charge in [0.2, 0.25) is 16.9 Å². The second-order valence-electron chi connectivity index (χ2n) is 11.3. The lowest BCUT2D eigenvalue weighted by Gasteiger charge is -2.26. The molecule has 17 heteroatoms. The van der Waals surface area contributed by atoms with Gasteiger partial charge in [0, 0.05) is 45.6 Å². The van der Waals surface area contributed by atoms with Crippen molar-refractivity contribution in [3.8, 4) is 11.5 Å². The number of aromatic nitrogens is 2. The van der Waals surface area contributed by atoms with Gasteiger partial charge < -0.3 is 35.3 Å². The number of aliphatic hydroxyl groups excluding tert-OH is 1. The molecule has 4 rings (SSSR count). The lowest BCUT2D eigenvalue weighted by molar-refractivity contribution is -0.119. The number of hydrogen-bond acceptors (Lipinski definition) is 15. The number of benzene rings is 2. The summed E-state index contributed by atoms with van der Waals surface area (Å²) >= 11 is 3.94. The Hall–Kier alpha value is -3.58. The lowest BCUT2D eigenvalue weighted by Crippen LogP contribution is -2.38. The number of amidine groups is 1. The number of ether oxygens (including phenoxy) is 3. The number of rotatable bonds is 21. The lowest BCUT2D eigenvalue weighted by atomic mass is 10.1. The first-order valence-corrected chi connectivity index (χ1v) is 19.5. The molecule has 3 aromatic rings. The standard InChI is InChI=1S/C34H46N8O6S3/c35-29(50-33(36)38-30(44)23-25-3-1-5-27(21-25)47-15-10-37-9-14-43)7-19-49-20-8-32-40-41-34(51-32)39-31(45)24-26-4-2-6-28(22-26)48-18-13-42-11-16-46-17-12-42/h1-6,21-22,35,37,43H,7-20,23-24H2,(H2,36,38,44)(H,39,41,45). The maximum Gasteiger partial charge on any atom is 0.230 e. The van der Waals surface area contributed by atoms with Gasteiger partial charge in [0.1, 0.15) is 29.7 Å². The molecule has 0 saturated carbocycles. The van der Waals surface area contributed by atoms with E-state index in [1.807, 2.05) is 42.5 Å². The third kappa shape index (κ3) is 16.5. The second-order valence-corrected chi connectivity index (χ2v) is 14.7. The molecule has 1 aliphatic rings. The molecule has 1 aliphatic heterocycles. The van der Waals surface area contributed by atoms with Crippen molar-refractivity contribution in [1.29, 1.82) is 10.8 Å². The van der Waals surface area contributed by atoms with Crippen molar-refractivity contribution in [1.82, 2.24) is 25.7 Å². The van der Waals surface area contributed by atoms with Crippen molar-refractivity contribution < 1.29 is 28.9 Å². The highest BCUT2D eigenvalue weighted by Crippen LogP contribution is 2.20. The summed E-state index contributed by atoms with van der Waals surface area (Å²) in [4.78, 5) is 27.4. The summed E-state index contributed by atoms with van der Waals surface area (Å²) in [7, 11) is 0. The van der Waals surface area contributed by atoms with Gasteiger partial charge in [-0.1, -0.05) is 35.6 Å². The summed E-state index contributed by atoms with van der Waals surface area (Å²) in [6.45, 7) is 6.37. The molecule has 14 nitrogen and oxygen atoms in total. The van der Waals surface area contributed by atoms with Gasteiger partial charge in [-0.25, -0.2) is 0 Å². The van der Waals surface area contributed by atoms with Crippen LogP contribution in [0.25, 0.3) is 0 Å². The molecule has 0 bridgehead atoms. The first-order chi connectivity index (χ1) is 24.9. The number of morpholine rings is 1. The van der Waals surface area contributed by atoms with Crippen LogP contribution < -0.4 is 25.4 Å². The summed E-state index contributed by atoms with van der Waals surface area (Å²) in [5.74, 6) is 2.34. The zero-order chi connectivity index (χ0) is 36.1. The Labute approximate surface area is 310 Å². The van der Waals surface area contributed by atoms with Crippen molar-refractivity contribution in [2.45, 2.75) is 25.7 Å². The molecule has 0 spiro atoms. The molecular weight excluding hydrogens is 713 g/mol. The second kappa shape index (κ2) is 23.1. The van der Waals surface area contributed by atoms with E-state index in [0.29, 0.717) is 60.8 Å². The van der Waals surface area contributed by atoms with Crippen molar-refractivity contribution in [2.24, 2.45) is 0 Å². The van der Waals surface area contributed by atoms with Crippen LogP contribution in [0.2, 0.25) is 0 Å². The van der Waals surface area contributed by atoms with Crippen LogP contribution in [-0.4, -0.2) is 119 Å². The number of carbonyl (C=O) groups excluding carboxylic acids is 2. The van der Waals surface area contributed by atoms with Gasteiger partial charge in [0.25, 0.3) is 0 Å². The van der Waals surface area contributed by atoms with E-state index in [0.717, 1.165) is 72.2 Å². The fourth-order valence-corrected chi connectivity index (χ4v) is 7.31. The van der Waals surface area contributed by atoms with Crippen LogP contribution in [0.5, 0.6) is 11.5 Å². The quantitative estimate of drug-likeness (QED) is 0.0529. The van der Waals surface area contributed by atoms with Crippen molar-refractivity contribution in [3.05, 3.63) is 64.7 Å². The highest BCUT2D eigenvalue weighted by molar-refractivity contribution is 8.26. The molecule has 2 heterocycles. The van der Waals surface area contributed by atoms with Gasteiger partial charge in [-0.2, -0.15) is 11.8 Å². The zero-order valence-electron chi connectivity index (χ0n) is 28.5. The molecule has 0 radical (unpaired) electrons. The summed E-state index contributed by atoms with van der Waals surface area (Å²) in [5, 5.41) is 43.3. The predicted octanol–water partition coefficient (Wildman–Crippen LogP) is 3.06. The fourth-order valence-electron chi connectivity index (χ4n) is 4.79. The number of hydrogen-bond donors (Lipinski definition) is 6. The number of nitrogens with zero attached hydrogens (tertiary/aromatic N) is 3. The summed E-state index contributed by atoms with van der Waals surface area (Å²) in [6, 6.07) is 14.8. The minimum absolute atomic E-state index is 0.0690. The van der Waals surface area contributed by atoms with Crippen LogP contribution >= 0.6 is 34.9 Å². The molecule has 2 aromatic carbocycles. The number of anilines is 1. The van der Waals surface area contributed by atoms with E-state index >= 15 is 0 Å². The van der Waals surface area contributed by atoms with Gasteiger partial charge in [-0.15, -0.1) is 10.2 Å². The number of nitrogens with one attached hydrogen (secondary N) is 5. The first kappa shape index (κ1) is 40.2. The van der Waals surface area contributed by atoms with Gasteiger partial charge in [-0.3, -0.25) is 25.3 Å². The number of carbonyl (C=O) groups is 2. The van der Waals surface area contributed by atoms with E-state index in [-0.39, 0.29) is 36.4 Å². The van der Waals surface area contributed by atoms with Crippen molar-refractivity contribution in [2.75, 3.05) is 82.6 Å². The average molecular weight is 759 g/mol. The fraction of sp³-hybridized carbons (Fsp3) is 0.471. The predicted molar refractivity (Wildman–Crippen MR) is 204 cm³/mol. The molecule has 1 fully saturated rings. The van der Waals surface area contributed by atoms with Crippen LogP contribution in [0.3, 0.4) is 0 Å². The summed E-state index contributed by atoms with van der Waals surface area (Å²) < 4.78 is 16.9. The van der Waals surface area contributed by atoms with Gasteiger partial charge in [0.15, 0.2) is 5.17 Å². The molecule has 1 aromatic heterocycles. The van der Waals surface area contributed by atoms with Gasteiger partial charge >= 0.3 is 0 Å². The summed E-state index contributed by atoms with van der Waals surface area (Å²) in [6.07, 6.45) is 1.44. The van der Waals surface area contributed by atoms with E-state index in [4.69, 9.17) is 30.1 Å². The Morgan fingerprint density at radius 1 is 0.941 bits per heavy atom. The van der Waals surface area contributed by atoms with Crippen LogP contribution in [0.4, 0.5) is 5.13 Å². The van der Waals surface area contributed by atoms with E-state index < -0.39 is 0 Å². The maximum atomic E-state index is 12.7. The van der Waals surface area contributed by atoms with E-state index in [1.54, 1.807) is 17.8 Å². The first-order valence-electron chi connectivity index (χ1n) is 16.7. The Morgan fingerprint density at radius 3 is 2.37 bits per heavy atom. The average Bonchev–Trinajstić information content (AvgIpc) is 3.55. The number of thioether (sulfide) groups is 2. The van der Waals surface area contributed by atoms with E-state index in [2.05, 4.69) is 31.0 Å². The molecule has 0 aliphatic carbocycles. The van der Waals surface area contributed by atoms with E-state index in [9.17, 15) is 9.59 Å². The molecule has 6 N–H and O–H groups in total. The number of amides is 2. The third-order valence-corrected chi connectivity index (χ3v) is 9.91. The van der Waals surface area contributed by atoms with Crippen molar-refractivity contribution in [3.63, 3.8) is 0 Å². The largest absolute Gasteiger partial charge is 0.492 e. The van der Waals surface area contributed by atoms with Crippen LogP contribution in [0, 0.1) is 10.8 Å². The van der Waals surface area contributed by atoms with Gasteiger partial charge in [-0.05, 0) is 58.7 Å². The highest BCUT2D eigenvalue weighted by Gasteiger charge is 2.13. The Bertz CT molecular complexity index is 1560. The normalized spacial score (nSPS) is 13.0. The Balaban J connectivity index is 1.05. The smallest absolute Gasteiger partial charge is 0.230 e. The SMILES string of the molecule is N=C(CCSCCc1nnc(NC(=O)Cc2cccc(OCCN3CCOCC3)c2)s1)SC(=N)NC(=O)Cc1cccc(OCCNCCO)c1. The zero-order valence-corrected chi connectivity index (χ0v) is 30.9. The Morgan fingerprint density at radius 2 is 1.65 bits per heavy atom. The molecular formula is C34H46N8O6S3. The third-order valence-electron chi connectivity index (χ3n) is 7.27. The monoisotopic (exact) mass is 758 g/mol. The molecule has 0 atom stereocenters. The van der Waals surface area contributed by atoms with Crippen LogP contribution in [-0.2, 0) is 33.6 Å². The van der Waals surface area contributed by atoms with Gasteiger partial charge in [0.05, 0.1) is 37.7 Å². The molecule has 51 heavy (non-hydrogen) atoms.